The maximum atomic E-state index is 4.50. The van der Waals surface area contributed by atoms with Crippen LogP contribution in [0.5, 0.6) is 0 Å². The number of nitrogens with zero attached hydrogens (tertiary/aromatic N) is 1. The maximum Gasteiger partial charge on any atom is 0.0454 e. The predicted molar refractivity (Wildman–Crippen MR) is 227 cm³/mol. The van der Waals surface area contributed by atoms with Crippen molar-refractivity contribution < 1.29 is 0 Å². The van der Waals surface area contributed by atoms with Crippen molar-refractivity contribution >= 4 is 60.4 Å². The van der Waals surface area contributed by atoms with E-state index in [1.165, 1.54) is 92.5 Å². The van der Waals surface area contributed by atoms with Crippen LogP contribution in [0.25, 0.3) is 82.0 Å². The van der Waals surface area contributed by atoms with Crippen molar-refractivity contribution in [2.75, 3.05) is 0 Å². The van der Waals surface area contributed by atoms with Crippen molar-refractivity contribution in [3.63, 3.8) is 0 Å². The highest BCUT2D eigenvalue weighted by Crippen LogP contribution is 2.56. The fourth-order valence-electron chi connectivity index (χ4n) is 9.12. The van der Waals surface area contributed by atoms with Crippen LogP contribution in [-0.4, -0.2) is 10.2 Å². The summed E-state index contributed by atoms with van der Waals surface area (Å²) < 4.78 is 0. The van der Waals surface area contributed by atoms with Crippen LogP contribution in [0.2, 0.25) is 0 Å². The van der Waals surface area contributed by atoms with E-state index in [0.29, 0.717) is 0 Å². The van der Waals surface area contributed by atoms with Crippen LogP contribution < -0.4 is 0 Å². The molecule has 1 aliphatic heterocycles. The largest absolute Gasteiger partial charge is 0.264 e. The first-order valence-corrected chi connectivity index (χ1v) is 19.2. The lowest BCUT2D eigenvalue weighted by Crippen LogP contribution is -2.14. The van der Waals surface area contributed by atoms with E-state index in [4.69, 9.17) is 0 Å². The number of fused-ring (bicyclic) bond motifs is 7. The molecule has 248 valence electrons. The first-order chi connectivity index (χ1) is 26.3. The molecule has 0 bridgehead atoms. The number of allylic oxidation sites excluding steroid dienone is 3. The summed E-state index contributed by atoms with van der Waals surface area (Å²) in [6.07, 6.45) is 11.0. The molecule has 11 rings (SSSR count). The Morgan fingerprint density at radius 3 is 1.47 bits per heavy atom. The van der Waals surface area contributed by atoms with Gasteiger partial charge in [0, 0.05) is 34.0 Å². The van der Waals surface area contributed by atoms with E-state index in [0.717, 1.165) is 5.56 Å². The number of pyridine rings is 1. The minimum atomic E-state index is 0.272. The predicted octanol–water partition coefficient (Wildman–Crippen LogP) is 13.9. The van der Waals surface area contributed by atoms with E-state index in [2.05, 4.69) is 175 Å². The lowest BCUT2D eigenvalue weighted by molar-refractivity contribution is 0.895. The van der Waals surface area contributed by atoms with Crippen LogP contribution in [0, 0.1) is 0 Å². The molecule has 8 aromatic carbocycles. The first-order valence-electron chi connectivity index (χ1n) is 18.4. The first kappa shape index (κ1) is 30.4. The lowest BCUT2D eigenvalue weighted by Gasteiger charge is -2.26. The SMILES string of the molecule is C1=CC2c3cc(-c4c5ccccc5c(-c5cccnc5)c5ccccc45)ccc3SC2C(c2c3ccccc3c(-c3ccccc3)c3ccccc23)=C1. The quantitative estimate of drug-likeness (QED) is 0.170. The molecule has 2 atom stereocenters. The van der Waals surface area contributed by atoms with E-state index in [-0.39, 0.29) is 11.2 Å². The van der Waals surface area contributed by atoms with Gasteiger partial charge in [0.25, 0.3) is 0 Å². The highest BCUT2D eigenvalue weighted by atomic mass is 32.2. The molecule has 2 unspecified atom stereocenters. The van der Waals surface area contributed by atoms with Gasteiger partial charge in [-0.2, -0.15) is 0 Å². The van der Waals surface area contributed by atoms with Crippen molar-refractivity contribution in [1.29, 1.82) is 0 Å². The number of aromatic nitrogens is 1. The van der Waals surface area contributed by atoms with Crippen molar-refractivity contribution in [2.24, 2.45) is 0 Å². The molecule has 0 fully saturated rings. The molecule has 1 aromatic heterocycles. The summed E-state index contributed by atoms with van der Waals surface area (Å²) in [6, 6.07) is 58.1. The van der Waals surface area contributed by atoms with Crippen molar-refractivity contribution in [3.05, 3.63) is 199 Å². The topological polar surface area (TPSA) is 12.9 Å². The molecular formula is C51H33NS. The van der Waals surface area contributed by atoms with Crippen molar-refractivity contribution in [1.82, 2.24) is 4.98 Å². The van der Waals surface area contributed by atoms with Gasteiger partial charge >= 0.3 is 0 Å². The van der Waals surface area contributed by atoms with E-state index in [9.17, 15) is 0 Å². The summed E-state index contributed by atoms with van der Waals surface area (Å²) in [6.45, 7) is 0. The van der Waals surface area contributed by atoms with E-state index < -0.39 is 0 Å². The van der Waals surface area contributed by atoms with Gasteiger partial charge in [-0.05, 0) is 106 Å². The zero-order valence-electron chi connectivity index (χ0n) is 28.9. The van der Waals surface area contributed by atoms with Gasteiger partial charge in [0.2, 0.25) is 0 Å². The molecular weight excluding hydrogens is 659 g/mol. The number of hydrogen-bond donors (Lipinski definition) is 0. The summed E-state index contributed by atoms with van der Waals surface area (Å²) in [7, 11) is 0. The van der Waals surface area contributed by atoms with Gasteiger partial charge in [-0.15, -0.1) is 11.8 Å². The normalized spacial score (nSPS) is 16.3. The summed E-state index contributed by atoms with van der Waals surface area (Å²) in [5, 5.41) is 10.5. The van der Waals surface area contributed by atoms with E-state index >= 15 is 0 Å². The monoisotopic (exact) mass is 691 g/mol. The summed E-state index contributed by atoms with van der Waals surface area (Å²) >= 11 is 2.03. The van der Waals surface area contributed by atoms with Gasteiger partial charge in [0.05, 0.1) is 0 Å². The molecule has 2 aliphatic rings. The number of rotatable bonds is 4. The second-order valence-electron chi connectivity index (χ2n) is 14.1. The lowest BCUT2D eigenvalue weighted by atomic mass is 9.79. The van der Waals surface area contributed by atoms with Gasteiger partial charge < -0.3 is 0 Å². The Labute approximate surface area is 313 Å². The van der Waals surface area contributed by atoms with Crippen LogP contribution in [0.15, 0.2) is 193 Å². The second kappa shape index (κ2) is 12.2. The molecule has 0 amide bonds. The number of hydrogen-bond acceptors (Lipinski definition) is 2. The third-order valence-corrected chi connectivity index (χ3v) is 12.7. The van der Waals surface area contributed by atoms with Crippen LogP contribution >= 0.6 is 11.8 Å². The average Bonchev–Trinajstić information content (AvgIpc) is 3.61. The highest BCUT2D eigenvalue weighted by molar-refractivity contribution is 8.00. The Morgan fingerprint density at radius 1 is 0.434 bits per heavy atom. The van der Waals surface area contributed by atoms with E-state index in [1.54, 1.807) is 0 Å². The smallest absolute Gasteiger partial charge is 0.0454 e. The molecule has 0 saturated heterocycles. The van der Waals surface area contributed by atoms with E-state index in [1.807, 2.05) is 30.2 Å². The Morgan fingerprint density at radius 2 is 0.925 bits per heavy atom. The van der Waals surface area contributed by atoms with Gasteiger partial charge in [0.1, 0.15) is 0 Å². The maximum absolute atomic E-state index is 4.50. The average molecular weight is 692 g/mol. The van der Waals surface area contributed by atoms with Crippen LogP contribution in [-0.2, 0) is 0 Å². The molecule has 2 heteroatoms. The molecule has 0 N–H and O–H groups in total. The summed E-state index contributed by atoms with van der Waals surface area (Å²) in [4.78, 5) is 5.87. The third kappa shape index (κ3) is 4.69. The number of thioether (sulfide) groups is 1. The zero-order chi connectivity index (χ0) is 34.9. The van der Waals surface area contributed by atoms with Crippen LogP contribution in [0.1, 0.15) is 17.0 Å². The Balaban J connectivity index is 1.08. The second-order valence-corrected chi connectivity index (χ2v) is 15.3. The van der Waals surface area contributed by atoms with Gasteiger partial charge in [0.15, 0.2) is 0 Å². The highest BCUT2D eigenvalue weighted by Gasteiger charge is 2.37. The fraction of sp³-hybridized carbons (Fsp3) is 0.0392. The van der Waals surface area contributed by atoms with Gasteiger partial charge in [-0.1, -0.05) is 158 Å². The molecule has 0 saturated carbocycles. The summed E-state index contributed by atoms with van der Waals surface area (Å²) in [5.41, 5.74) is 11.7. The van der Waals surface area contributed by atoms with Crippen molar-refractivity contribution in [3.8, 4) is 33.4 Å². The minimum Gasteiger partial charge on any atom is -0.264 e. The molecule has 53 heavy (non-hydrogen) atoms. The third-order valence-electron chi connectivity index (χ3n) is 11.3. The molecule has 1 nitrogen and oxygen atoms in total. The standard InChI is InChI=1S/C51H33NS/c1-2-14-32(15-3-1)47-39-21-8-10-23-41(39)50(42-24-11-9-22-40(42)47)44-26-12-25-43-45-30-33(27-28-46(45)53-51(43)44)48-35-17-4-6-19-37(35)49(34-16-13-29-52-31-34)38-20-7-5-18-36(38)48/h1-31,43,51H. The van der Waals surface area contributed by atoms with Gasteiger partial charge in [-0.3, -0.25) is 4.98 Å². The zero-order valence-corrected chi connectivity index (χ0v) is 29.7. The molecule has 2 heterocycles. The Kier molecular flexibility index (Phi) is 6.99. The van der Waals surface area contributed by atoms with Crippen molar-refractivity contribution in [2.45, 2.75) is 16.1 Å². The fourth-order valence-corrected chi connectivity index (χ4v) is 10.6. The molecule has 9 aromatic rings. The number of benzene rings is 8. The molecule has 0 radical (unpaired) electrons. The Bertz CT molecular complexity index is 2860. The summed E-state index contributed by atoms with van der Waals surface area (Å²) in [5.74, 6) is 0.272. The molecule has 0 spiro atoms. The van der Waals surface area contributed by atoms with Gasteiger partial charge in [-0.25, -0.2) is 0 Å². The van der Waals surface area contributed by atoms with Crippen LogP contribution in [0.3, 0.4) is 0 Å². The van der Waals surface area contributed by atoms with Crippen LogP contribution in [0.4, 0.5) is 0 Å². The Hall–Kier alpha value is -6.22. The minimum absolute atomic E-state index is 0.272. The molecule has 1 aliphatic carbocycles.